The average molecular weight is 278 g/mol. The summed E-state index contributed by atoms with van der Waals surface area (Å²) in [6, 6.07) is 1.55. The van der Waals surface area contributed by atoms with E-state index in [4.69, 9.17) is 27.9 Å². The predicted octanol–water partition coefficient (Wildman–Crippen LogP) is 2.41. The Labute approximate surface area is 109 Å². The molecule has 0 aromatic carbocycles. The number of ether oxygens (including phenoxy) is 1. The largest absolute Gasteiger partial charge is 0.465 e. The van der Waals surface area contributed by atoms with Crippen LogP contribution in [0.2, 0.25) is 10.0 Å². The first kappa shape index (κ1) is 13.9. The Morgan fingerprint density at radius 2 is 2.06 bits per heavy atom. The standard InChI is InChI=1S/C10H13Cl2N3O2/c1-3-17-8(16)5-14-10-7(12)4-6(11)9(13-2)15-10/h4H,3,5H2,1-2H3,(H2,13,14,15). The van der Waals surface area contributed by atoms with E-state index in [1.807, 2.05) is 0 Å². The lowest BCUT2D eigenvalue weighted by Gasteiger charge is -2.10. The molecule has 0 amide bonds. The fourth-order valence-corrected chi connectivity index (χ4v) is 1.65. The summed E-state index contributed by atoms with van der Waals surface area (Å²) < 4.78 is 4.77. The number of carbonyl (C=O) groups is 1. The maximum Gasteiger partial charge on any atom is 0.325 e. The van der Waals surface area contributed by atoms with Crippen LogP contribution in [0.25, 0.3) is 0 Å². The Hall–Kier alpha value is -1.20. The molecule has 0 aliphatic carbocycles. The van der Waals surface area contributed by atoms with Crippen LogP contribution in [0.4, 0.5) is 11.6 Å². The van der Waals surface area contributed by atoms with E-state index in [0.717, 1.165) is 0 Å². The predicted molar refractivity (Wildman–Crippen MR) is 68.9 cm³/mol. The van der Waals surface area contributed by atoms with Gasteiger partial charge in [0, 0.05) is 7.05 Å². The maximum atomic E-state index is 11.2. The Balaban J connectivity index is 2.74. The first-order valence-electron chi connectivity index (χ1n) is 5.01. The minimum Gasteiger partial charge on any atom is -0.465 e. The third kappa shape index (κ3) is 3.94. The first-order valence-corrected chi connectivity index (χ1v) is 5.77. The molecule has 0 bridgehead atoms. The Morgan fingerprint density at radius 3 is 2.65 bits per heavy atom. The SMILES string of the molecule is CCOC(=O)CNc1nc(NC)c(Cl)cc1Cl. The molecule has 1 rings (SSSR count). The molecule has 0 saturated heterocycles. The lowest BCUT2D eigenvalue weighted by molar-refractivity contribution is -0.140. The van der Waals surface area contributed by atoms with Gasteiger partial charge in [-0.05, 0) is 13.0 Å². The van der Waals surface area contributed by atoms with E-state index in [9.17, 15) is 4.79 Å². The number of aromatic nitrogens is 1. The number of nitrogens with zero attached hydrogens (tertiary/aromatic N) is 1. The van der Waals surface area contributed by atoms with E-state index in [0.29, 0.717) is 28.3 Å². The third-order valence-corrected chi connectivity index (χ3v) is 2.45. The third-order valence-electron chi connectivity index (χ3n) is 1.87. The van der Waals surface area contributed by atoms with Gasteiger partial charge >= 0.3 is 5.97 Å². The van der Waals surface area contributed by atoms with Crippen molar-refractivity contribution in [1.29, 1.82) is 0 Å². The fraction of sp³-hybridized carbons (Fsp3) is 0.400. The number of rotatable bonds is 5. The zero-order valence-electron chi connectivity index (χ0n) is 9.51. The van der Waals surface area contributed by atoms with Crippen LogP contribution in [0.1, 0.15) is 6.92 Å². The highest BCUT2D eigenvalue weighted by molar-refractivity contribution is 6.37. The monoisotopic (exact) mass is 277 g/mol. The van der Waals surface area contributed by atoms with Gasteiger partial charge in [0.2, 0.25) is 0 Å². The summed E-state index contributed by atoms with van der Waals surface area (Å²) >= 11 is 11.8. The molecule has 0 saturated carbocycles. The summed E-state index contributed by atoms with van der Waals surface area (Å²) in [4.78, 5) is 15.3. The smallest absolute Gasteiger partial charge is 0.325 e. The number of esters is 1. The van der Waals surface area contributed by atoms with E-state index >= 15 is 0 Å². The van der Waals surface area contributed by atoms with Gasteiger partial charge in [0.25, 0.3) is 0 Å². The van der Waals surface area contributed by atoms with Crippen molar-refractivity contribution in [2.75, 3.05) is 30.8 Å². The quantitative estimate of drug-likeness (QED) is 0.810. The van der Waals surface area contributed by atoms with E-state index < -0.39 is 0 Å². The molecule has 17 heavy (non-hydrogen) atoms. The molecule has 0 spiro atoms. The fourth-order valence-electron chi connectivity index (χ4n) is 1.13. The van der Waals surface area contributed by atoms with Gasteiger partial charge in [0.1, 0.15) is 18.2 Å². The topological polar surface area (TPSA) is 63.2 Å². The number of hydrogen-bond donors (Lipinski definition) is 2. The molecule has 0 aliphatic heterocycles. The van der Waals surface area contributed by atoms with Gasteiger partial charge in [0.05, 0.1) is 16.7 Å². The van der Waals surface area contributed by atoms with Crippen molar-refractivity contribution in [1.82, 2.24) is 4.98 Å². The maximum absolute atomic E-state index is 11.2. The average Bonchev–Trinajstić information content (AvgIpc) is 2.28. The highest BCUT2D eigenvalue weighted by Gasteiger charge is 2.09. The van der Waals surface area contributed by atoms with Gasteiger partial charge in [-0.1, -0.05) is 23.2 Å². The second-order valence-electron chi connectivity index (χ2n) is 3.06. The van der Waals surface area contributed by atoms with Crippen molar-refractivity contribution in [3.63, 3.8) is 0 Å². The molecule has 1 aromatic heterocycles. The van der Waals surface area contributed by atoms with E-state index in [1.54, 1.807) is 20.0 Å². The Bertz CT molecular complexity index is 413. The van der Waals surface area contributed by atoms with Crippen LogP contribution in [0.5, 0.6) is 0 Å². The van der Waals surface area contributed by atoms with Crippen LogP contribution in [-0.2, 0) is 9.53 Å². The van der Waals surface area contributed by atoms with Crippen LogP contribution in [0, 0.1) is 0 Å². The molecule has 1 heterocycles. The van der Waals surface area contributed by atoms with Crippen LogP contribution >= 0.6 is 23.2 Å². The number of pyridine rings is 1. The first-order chi connectivity index (χ1) is 8.08. The number of halogens is 2. The van der Waals surface area contributed by atoms with E-state index in [-0.39, 0.29) is 12.5 Å². The number of anilines is 2. The minimum atomic E-state index is -0.369. The van der Waals surface area contributed by atoms with Gasteiger partial charge < -0.3 is 15.4 Å². The van der Waals surface area contributed by atoms with Gasteiger partial charge in [-0.3, -0.25) is 4.79 Å². The van der Waals surface area contributed by atoms with E-state index in [1.165, 1.54) is 0 Å². The summed E-state index contributed by atoms with van der Waals surface area (Å²) in [6.45, 7) is 2.08. The molecule has 0 unspecified atom stereocenters. The van der Waals surface area contributed by atoms with Crippen LogP contribution in [-0.4, -0.2) is 31.2 Å². The number of carbonyl (C=O) groups excluding carboxylic acids is 1. The molecule has 1 aromatic rings. The van der Waals surface area contributed by atoms with Crippen molar-refractivity contribution in [3.8, 4) is 0 Å². The minimum absolute atomic E-state index is 0.00530. The molecule has 94 valence electrons. The molecule has 0 fully saturated rings. The zero-order chi connectivity index (χ0) is 12.8. The molecule has 0 aliphatic rings. The van der Waals surface area contributed by atoms with Crippen molar-refractivity contribution >= 4 is 40.8 Å². The molecular weight excluding hydrogens is 265 g/mol. The highest BCUT2D eigenvalue weighted by atomic mass is 35.5. The molecule has 2 N–H and O–H groups in total. The molecule has 5 nitrogen and oxygen atoms in total. The van der Waals surface area contributed by atoms with Gasteiger partial charge in [-0.25, -0.2) is 4.98 Å². The zero-order valence-corrected chi connectivity index (χ0v) is 11.0. The highest BCUT2D eigenvalue weighted by Crippen LogP contribution is 2.28. The normalized spacial score (nSPS) is 9.88. The van der Waals surface area contributed by atoms with E-state index in [2.05, 4.69) is 15.6 Å². The van der Waals surface area contributed by atoms with Crippen molar-refractivity contribution < 1.29 is 9.53 Å². The Kier molecular flexibility index (Phi) is 5.31. The van der Waals surface area contributed by atoms with Crippen LogP contribution in [0.15, 0.2) is 6.07 Å². The molecular formula is C10H13Cl2N3O2. The van der Waals surface area contributed by atoms with Gasteiger partial charge in [-0.2, -0.15) is 0 Å². The summed E-state index contributed by atoms with van der Waals surface area (Å²) in [5.41, 5.74) is 0. The molecule has 0 radical (unpaired) electrons. The molecule has 7 heteroatoms. The lowest BCUT2D eigenvalue weighted by atomic mass is 10.4. The number of nitrogens with one attached hydrogen (secondary N) is 2. The summed E-state index contributed by atoms with van der Waals surface area (Å²) in [5.74, 6) is 0.502. The summed E-state index contributed by atoms with van der Waals surface area (Å²) in [6.07, 6.45) is 0. The second kappa shape index (κ2) is 6.51. The van der Waals surface area contributed by atoms with Crippen molar-refractivity contribution in [3.05, 3.63) is 16.1 Å². The van der Waals surface area contributed by atoms with Crippen molar-refractivity contribution in [2.24, 2.45) is 0 Å². The molecule has 0 atom stereocenters. The van der Waals surface area contributed by atoms with Crippen LogP contribution < -0.4 is 10.6 Å². The summed E-state index contributed by atoms with van der Waals surface area (Å²) in [5, 5.41) is 6.36. The Morgan fingerprint density at radius 1 is 1.41 bits per heavy atom. The van der Waals surface area contributed by atoms with Crippen molar-refractivity contribution in [2.45, 2.75) is 6.92 Å². The second-order valence-corrected chi connectivity index (χ2v) is 3.87. The van der Waals surface area contributed by atoms with Gasteiger partial charge in [-0.15, -0.1) is 0 Å². The van der Waals surface area contributed by atoms with Gasteiger partial charge in [0.15, 0.2) is 0 Å². The lowest BCUT2D eigenvalue weighted by Crippen LogP contribution is -2.17. The van der Waals surface area contributed by atoms with Crippen LogP contribution in [0.3, 0.4) is 0 Å². The summed E-state index contributed by atoms with van der Waals surface area (Å²) in [7, 11) is 1.69. The number of hydrogen-bond acceptors (Lipinski definition) is 5.